The number of nitrogens with two attached hydrogens (primary N) is 1. The van der Waals surface area contributed by atoms with Gasteiger partial charge < -0.3 is 5.73 Å². The third-order valence-corrected chi connectivity index (χ3v) is 5.94. The summed E-state index contributed by atoms with van der Waals surface area (Å²) in [5.74, 6) is -1.22. The van der Waals surface area contributed by atoms with Crippen LogP contribution >= 0.6 is 11.3 Å². The third kappa shape index (κ3) is 3.00. The molecule has 1 aromatic rings. The summed E-state index contributed by atoms with van der Waals surface area (Å²) in [5.41, 5.74) is 5.41. The fourth-order valence-corrected chi connectivity index (χ4v) is 4.56. The van der Waals surface area contributed by atoms with E-state index in [1.54, 1.807) is 6.07 Å². The van der Waals surface area contributed by atoms with Gasteiger partial charge in [0.05, 0.1) is 13.1 Å². The second-order valence-electron chi connectivity index (χ2n) is 4.00. The van der Waals surface area contributed by atoms with Crippen molar-refractivity contribution in [3.8, 4) is 0 Å². The predicted octanol–water partition coefficient (Wildman–Crippen LogP) is -1.10. The number of thiophene rings is 1. The lowest BCUT2D eigenvalue weighted by atomic mass is 10.3. The number of nitrogens with zero attached hydrogens (tertiary/aromatic N) is 1. The SMILES string of the molecule is NCCc1ccc(S(=O)(=O)N2CC(=O)NC(=O)C2)s1. The average molecular weight is 303 g/mol. The number of nitrogens with one attached hydrogen (secondary N) is 1. The molecule has 0 unspecified atom stereocenters. The number of carbonyl (C=O) groups is 2. The van der Waals surface area contributed by atoms with E-state index in [1.807, 2.05) is 0 Å². The normalized spacial score (nSPS) is 17.5. The summed E-state index contributed by atoms with van der Waals surface area (Å²) >= 11 is 1.11. The molecule has 0 bridgehead atoms. The highest BCUT2D eigenvalue weighted by Crippen LogP contribution is 2.25. The van der Waals surface area contributed by atoms with Crippen LogP contribution in [-0.2, 0) is 26.0 Å². The number of hydrogen-bond acceptors (Lipinski definition) is 6. The van der Waals surface area contributed by atoms with Crippen LogP contribution in [-0.4, -0.2) is 44.2 Å². The summed E-state index contributed by atoms with van der Waals surface area (Å²) < 4.78 is 25.5. The van der Waals surface area contributed by atoms with Gasteiger partial charge in [0, 0.05) is 4.88 Å². The standard InChI is InChI=1S/C10H13N3O4S2/c11-4-3-7-1-2-10(18-7)19(16,17)13-5-8(14)12-9(15)6-13/h1-2H,3-6,11H2,(H,12,14,15). The zero-order valence-corrected chi connectivity index (χ0v) is 11.6. The molecule has 1 aliphatic heterocycles. The quantitative estimate of drug-likeness (QED) is 0.686. The second-order valence-corrected chi connectivity index (χ2v) is 7.34. The van der Waals surface area contributed by atoms with Gasteiger partial charge in [-0.1, -0.05) is 0 Å². The number of carbonyl (C=O) groups excluding carboxylic acids is 2. The number of hydrogen-bond donors (Lipinski definition) is 2. The van der Waals surface area contributed by atoms with Crippen LogP contribution in [0.25, 0.3) is 0 Å². The lowest BCUT2D eigenvalue weighted by Gasteiger charge is -2.23. The summed E-state index contributed by atoms with van der Waals surface area (Å²) in [6, 6.07) is 3.16. The van der Waals surface area contributed by atoms with Crippen molar-refractivity contribution in [1.82, 2.24) is 9.62 Å². The molecule has 0 aromatic carbocycles. The van der Waals surface area contributed by atoms with E-state index in [0.717, 1.165) is 20.5 Å². The molecule has 0 aliphatic carbocycles. The lowest BCUT2D eigenvalue weighted by Crippen LogP contribution is -2.53. The van der Waals surface area contributed by atoms with Gasteiger partial charge in [0.25, 0.3) is 10.0 Å². The van der Waals surface area contributed by atoms with Crippen LogP contribution in [0.3, 0.4) is 0 Å². The molecule has 0 radical (unpaired) electrons. The van der Waals surface area contributed by atoms with E-state index in [0.29, 0.717) is 13.0 Å². The fraction of sp³-hybridized carbons (Fsp3) is 0.400. The molecule has 1 aromatic heterocycles. The largest absolute Gasteiger partial charge is 0.330 e. The molecule has 1 aliphatic rings. The fourth-order valence-electron chi connectivity index (χ4n) is 1.68. The van der Waals surface area contributed by atoms with Gasteiger partial charge in [-0.05, 0) is 25.1 Å². The van der Waals surface area contributed by atoms with Gasteiger partial charge in [-0.25, -0.2) is 8.42 Å². The second kappa shape index (κ2) is 5.37. The number of imide groups is 1. The molecule has 2 rings (SSSR count). The molecule has 0 spiro atoms. The van der Waals surface area contributed by atoms with E-state index >= 15 is 0 Å². The van der Waals surface area contributed by atoms with Gasteiger partial charge in [-0.15, -0.1) is 11.3 Å². The first-order chi connectivity index (χ1) is 8.93. The van der Waals surface area contributed by atoms with Crippen LogP contribution in [0.15, 0.2) is 16.3 Å². The molecule has 2 heterocycles. The zero-order chi connectivity index (χ0) is 14.0. The van der Waals surface area contributed by atoms with E-state index in [1.165, 1.54) is 6.07 Å². The minimum atomic E-state index is -3.80. The Balaban J connectivity index is 2.25. The number of sulfonamides is 1. The smallest absolute Gasteiger partial charge is 0.253 e. The van der Waals surface area contributed by atoms with Crippen LogP contribution in [0, 0.1) is 0 Å². The Morgan fingerprint density at radius 2 is 1.89 bits per heavy atom. The van der Waals surface area contributed by atoms with Gasteiger partial charge in [0.2, 0.25) is 11.8 Å². The van der Waals surface area contributed by atoms with Gasteiger partial charge in [-0.2, -0.15) is 4.31 Å². The van der Waals surface area contributed by atoms with Crippen LogP contribution in [0.5, 0.6) is 0 Å². The average Bonchev–Trinajstić information content (AvgIpc) is 2.77. The molecule has 19 heavy (non-hydrogen) atoms. The van der Waals surface area contributed by atoms with Crippen LogP contribution in [0.1, 0.15) is 4.88 Å². The molecular formula is C10H13N3O4S2. The minimum absolute atomic E-state index is 0.124. The number of rotatable bonds is 4. The molecule has 1 saturated heterocycles. The highest BCUT2D eigenvalue weighted by molar-refractivity contribution is 7.91. The first-order valence-electron chi connectivity index (χ1n) is 5.55. The molecule has 0 saturated carbocycles. The monoisotopic (exact) mass is 303 g/mol. The lowest BCUT2D eigenvalue weighted by molar-refractivity contribution is -0.134. The Labute approximate surface area is 114 Å². The number of piperazine rings is 1. The molecule has 2 amide bonds. The van der Waals surface area contributed by atoms with Gasteiger partial charge in [0.15, 0.2) is 0 Å². The highest BCUT2D eigenvalue weighted by Gasteiger charge is 2.33. The van der Waals surface area contributed by atoms with Crippen molar-refractivity contribution in [2.45, 2.75) is 10.6 Å². The third-order valence-electron chi connectivity index (χ3n) is 2.54. The van der Waals surface area contributed by atoms with Crippen LogP contribution < -0.4 is 11.1 Å². The molecule has 1 fully saturated rings. The van der Waals surface area contributed by atoms with Crippen molar-refractivity contribution < 1.29 is 18.0 Å². The predicted molar refractivity (Wildman–Crippen MR) is 69.0 cm³/mol. The van der Waals surface area contributed by atoms with Gasteiger partial charge in [0.1, 0.15) is 4.21 Å². The van der Waals surface area contributed by atoms with E-state index in [2.05, 4.69) is 5.32 Å². The van der Waals surface area contributed by atoms with Crippen molar-refractivity contribution in [3.63, 3.8) is 0 Å². The zero-order valence-electron chi connectivity index (χ0n) is 9.96. The van der Waals surface area contributed by atoms with Crippen molar-refractivity contribution >= 4 is 33.2 Å². The van der Waals surface area contributed by atoms with Gasteiger partial charge in [-0.3, -0.25) is 14.9 Å². The minimum Gasteiger partial charge on any atom is -0.330 e. The Hall–Kier alpha value is -1.29. The summed E-state index contributed by atoms with van der Waals surface area (Å²) in [5, 5.41) is 2.06. The maximum atomic E-state index is 12.3. The summed E-state index contributed by atoms with van der Waals surface area (Å²) in [6.07, 6.45) is 0.597. The van der Waals surface area contributed by atoms with E-state index < -0.39 is 21.8 Å². The maximum absolute atomic E-state index is 12.3. The Bertz CT molecular complexity index is 592. The summed E-state index contributed by atoms with van der Waals surface area (Å²) in [7, 11) is -3.80. The van der Waals surface area contributed by atoms with Crippen molar-refractivity contribution in [1.29, 1.82) is 0 Å². The molecule has 104 valence electrons. The molecule has 3 N–H and O–H groups in total. The first-order valence-corrected chi connectivity index (χ1v) is 7.81. The topological polar surface area (TPSA) is 110 Å². The van der Waals surface area contributed by atoms with Crippen molar-refractivity contribution in [2.24, 2.45) is 5.73 Å². The molecule has 0 atom stereocenters. The Morgan fingerprint density at radius 3 is 2.47 bits per heavy atom. The highest BCUT2D eigenvalue weighted by atomic mass is 32.2. The van der Waals surface area contributed by atoms with Crippen LogP contribution in [0.4, 0.5) is 0 Å². The molecular weight excluding hydrogens is 290 g/mol. The van der Waals surface area contributed by atoms with E-state index in [4.69, 9.17) is 5.73 Å². The maximum Gasteiger partial charge on any atom is 0.253 e. The molecule has 7 nitrogen and oxygen atoms in total. The van der Waals surface area contributed by atoms with Crippen molar-refractivity contribution in [2.75, 3.05) is 19.6 Å². The van der Waals surface area contributed by atoms with Gasteiger partial charge >= 0.3 is 0 Å². The first kappa shape index (κ1) is 14.1. The van der Waals surface area contributed by atoms with E-state index in [9.17, 15) is 18.0 Å². The summed E-state index contributed by atoms with van der Waals surface area (Å²) in [4.78, 5) is 23.3. The summed E-state index contributed by atoms with van der Waals surface area (Å²) in [6.45, 7) is -0.235. The van der Waals surface area contributed by atoms with Crippen molar-refractivity contribution in [3.05, 3.63) is 17.0 Å². The van der Waals surface area contributed by atoms with Crippen LogP contribution in [0.2, 0.25) is 0 Å². The molecule has 9 heteroatoms. The van der Waals surface area contributed by atoms with E-state index in [-0.39, 0.29) is 17.3 Å². The Kier molecular flexibility index (Phi) is 3.99. The number of amides is 2. The Morgan fingerprint density at radius 1 is 1.26 bits per heavy atom.